The summed E-state index contributed by atoms with van der Waals surface area (Å²) in [5.41, 5.74) is 3.07. The summed E-state index contributed by atoms with van der Waals surface area (Å²) < 4.78 is 18.7. The minimum absolute atomic E-state index is 0.0127. The van der Waals surface area contributed by atoms with Crippen molar-refractivity contribution in [3.05, 3.63) is 64.3 Å². The summed E-state index contributed by atoms with van der Waals surface area (Å²) in [5.74, 6) is 1.20. The highest BCUT2D eigenvalue weighted by atomic mass is 16.7. The summed E-state index contributed by atoms with van der Waals surface area (Å²) in [5, 5.41) is 15.7. The highest BCUT2D eigenvalue weighted by molar-refractivity contribution is 5.67. The predicted octanol–water partition coefficient (Wildman–Crippen LogP) is 4.28. The van der Waals surface area contributed by atoms with Gasteiger partial charge in [0.05, 0.1) is 35.7 Å². The summed E-state index contributed by atoms with van der Waals surface area (Å²) in [4.78, 5) is 10.7. The van der Waals surface area contributed by atoms with E-state index in [0.29, 0.717) is 23.8 Å². The van der Waals surface area contributed by atoms with Gasteiger partial charge < -0.3 is 14.2 Å². The molecule has 1 aliphatic rings. The second kappa shape index (κ2) is 7.92. The van der Waals surface area contributed by atoms with Gasteiger partial charge in [-0.1, -0.05) is 6.07 Å². The van der Waals surface area contributed by atoms with Gasteiger partial charge >= 0.3 is 0 Å². The van der Waals surface area contributed by atoms with E-state index in [1.165, 1.54) is 12.1 Å². The molecule has 0 unspecified atom stereocenters. The summed E-state index contributed by atoms with van der Waals surface area (Å²) in [7, 11) is 1.59. The van der Waals surface area contributed by atoms with E-state index >= 15 is 0 Å². The van der Waals surface area contributed by atoms with Crippen LogP contribution in [-0.4, -0.2) is 34.7 Å². The van der Waals surface area contributed by atoms with Gasteiger partial charge in [0.2, 0.25) is 0 Å². The van der Waals surface area contributed by atoms with Crippen LogP contribution >= 0.6 is 0 Å². The molecule has 4 rings (SSSR count). The Morgan fingerprint density at radius 1 is 1.21 bits per heavy atom. The quantitative estimate of drug-likeness (QED) is 0.457. The number of aromatic nitrogens is 2. The Hall–Kier alpha value is -3.39. The molecule has 1 saturated heterocycles. The summed E-state index contributed by atoms with van der Waals surface area (Å²) in [6.07, 6.45) is 1.51. The van der Waals surface area contributed by atoms with E-state index in [1.54, 1.807) is 23.9 Å². The standard InChI is InChI=1S/C21H21N3O5/c1-14-11-18(23(22-14)16-5-3-6-17(13-16)24(25)26)15-8-9-19(27-2)20(12-15)29-21-7-4-10-28-21/h3,5-6,8-9,11-13,21H,4,7,10H2,1-2H3/t21-/m0/s1. The van der Waals surface area contributed by atoms with Gasteiger partial charge in [-0.2, -0.15) is 5.10 Å². The number of methoxy groups -OCH3 is 1. The predicted molar refractivity (Wildman–Crippen MR) is 107 cm³/mol. The van der Waals surface area contributed by atoms with Crippen molar-refractivity contribution < 1.29 is 19.1 Å². The topological polar surface area (TPSA) is 88.7 Å². The van der Waals surface area contributed by atoms with Crippen LogP contribution in [0.1, 0.15) is 18.5 Å². The zero-order valence-electron chi connectivity index (χ0n) is 16.2. The minimum Gasteiger partial charge on any atom is -0.493 e. The van der Waals surface area contributed by atoms with Gasteiger partial charge in [-0.05, 0) is 43.7 Å². The van der Waals surface area contributed by atoms with E-state index in [9.17, 15) is 10.1 Å². The van der Waals surface area contributed by atoms with Crippen molar-refractivity contribution >= 4 is 5.69 Å². The van der Waals surface area contributed by atoms with Crippen molar-refractivity contribution in [2.75, 3.05) is 13.7 Å². The fourth-order valence-corrected chi connectivity index (χ4v) is 3.35. The minimum atomic E-state index is -0.416. The van der Waals surface area contributed by atoms with Crippen molar-refractivity contribution in [1.82, 2.24) is 9.78 Å². The van der Waals surface area contributed by atoms with Gasteiger partial charge in [0, 0.05) is 24.1 Å². The number of nitro groups is 1. The Balaban J connectivity index is 1.75. The van der Waals surface area contributed by atoms with E-state index in [4.69, 9.17) is 14.2 Å². The van der Waals surface area contributed by atoms with Crippen molar-refractivity contribution in [2.24, 2.45) is 0 Å². The molecule has 0 aliphatic carbocycles. The number of nitro benzene ring substituents is 1. The second-order valence-corrected chi connectivity index (χ2v) is 6.79. The normalized spacial score (nSPS) is 16.0. The van der Waals surface area contributed by atoms with E-state index < -0.39 is 4.92 Å². The monoisotopic (exact) mass is 395 g/mol. The fourth-order valence-electron chi connectivity index (χ4n) is 3.35. The Kier molecular flexibility index (Phi) is 5.18. The average molecular weight is 395 g/mol. The molecule has 0 N–H and O–H groups in total. The highest BCUT2D eigenvalue weighted by Gasteiger charge is 2.20. The third-order valence-corrected chi connectivity index (χ3v) is 4.72. The van der Waals surface area contributed by atoms with E-state index in [2.05, 4.69) is 5.10 Å². The molecular weight excluding hydrogens is 374 g/mol. The zero-order chi connectivity index (χ0) is 20.4. The lowest BCUT2D eigenvalue weighted by molar-refractivity contribution is -0.384. The van der Waals surface area contributed by atoms with Crippen LogP contribution in [0.3, 0.4) is 0 Å². The first kappa shape index (κ1) is 18.9. The van der Waals surface area contributed by atoms with Gasteiger partial charge in [-0.25, -0.2) is 4.68 Å². The molecule has 8 nitrogen and oxygen atoms in total. The number of non-ortho nitro benzene ring substituents is 1. The van der Waals surface area contributed by atoms with Crippen LogP contribution < -0.4 is 9.47 Å². The molecule has 0 amide bonds. The molecule has 29 heavy (non-hydrogen) atoms. The Labute approximate surface area is 167 Å². The van der Waals surface area contributed by atoms with Crippen LogP contribution in [0.25, 0.3) is 16.9 Å². The van der Waals surface area contributed by atoms with Crippen LogP contribution in [0.15, 0.2) is 48.5 Å². The first-order chi connectivity index (χ1) is 14.0. The maximum atomic E-state index is 11.2. The van der Waals surface area contributed by atoms with E-state index in [0.717, 1.165) is 29.8 Å². The van der Waals surface area contributed by atoms with Gasteiger partial charge in [0.1, 0.15) is 0 Å². The van der Waals surface area contributed by atoms with Gasteiger partial charge in [0.15, 0.2) is 17.8 Å². The van der Waals surface area contributed by atoms with E-state index in [1.807, 2.05) is 31.2 Å². The van der Waals surface area contributed by atoms with Crippen molar-refractivity contribution in [3.8, 4) is 28.4 Å². The molecule has 150 valence electrons. The first-order valence-electron chi connectivity index (χ1n) is 9.33. The van der Waals surface area contributed by atoms with Crippen LogP contribution in [0.2, 0.25) is 0 Å². The van der Waals surface area contributed by atoms with Crippen LogP contribution in [0, 0.1) is 17.0 Å². The van der Waals surface area contributed by atoms with Gasteiger partial charge in [-0.3, -0.25) is 10.1 Å². The summed E-state index contributed by atoms with van der Waals surface area (Å²) in [6.45, 7) is 2.57. The molecule has 2 aromatic carbocycles. The van der Waals surface area contributed by atoms with E-state index in [-0.39, 0.29) is 12.0 Å². The molecule has 0 saturated carbocycles. The molecular formula is C21H21N3O5. The lowest BCUT2D eigenvalue weighted by Gasteiger charge is -2.17. The van der Waals surface area contributed by atoms with Crippen molar-refractivity contribution in [1.29, 1.82) is 0 Å². The number of ether oxygens (including phenoxy) is 3. The molecule has 0 radical (unpaired) electrons. The maximum Gasteiger partial charge on any atom is 0.271 e. The number of rotatable bonds is 6. The number of hydrogen-bond acceptors (Lipinski definition) is 6. The van der Waals surface area contributed by atoms with Crippen molar-refractivity contribution in [2.45, 2.75) is 26.1 Å². The molecule has 1 fully saturated rings. The molecule has 8 heteroatoms. The number of nitrogens with zero attached hydrogens (tertiary/aromatic N) is 3. The summed E-state index contributed by atoms with van der Waals surface area (Å²) in [6, 6.07) is 13.9. The number of hydrogen-bond donors (Lipinski definition) is 0. The third-order valence-electron chi connectivity index (χ3n) is 4.72. The molecule has 1 aliphatic heterocycles. The van der Waals surface area contributed by atoms with Crippen LogP contribution in [-0.2, 0) is 4.74 Å². The third kappa shape index (κ3) is 3.93. The largest absolute Gasteiger partial charge is 0.493 e. The lowest BCUT2D eigenvalue weighted by Crippen LogP contribution is -2.14. The summed E-state index contributed by atoms with van der Waals surface area (Å²) >= 11 is 0. The fraction of sp³-hybridized carbons (Fsp3) is 0.286. The molecule has 1 aromatic heterocycles. The zero-order valence-corrected chi connectivity index (χ0v) is 16.2. The van der Waals surface area contributed by atoms with Crippen LogP contribution in [0.4, 0.5) is 5.69 Å². The van der Waals surface area contributed by atoms with Crippen molar-refractivity contribution in [3.63, 3.8) is 0 Å². The maximum absolute atomic E-state index is 11.2. The Bertz CT molecular complexity index is 1040. The smallest absolute Gasteiger partial charge is 0.271 e. The van der Waals surface area contributed by atoms with Gasteiger partial charge in [-0.15, -0.1) is 0 Å². The molecule has 0 bridgehead atoms. The lowest BCUT2D eigenvalue weighted by atomic mass is 10.1. The number of benzene rings is 2. The second-order valence-electron chi connectivity index (χ2n) is 6.79. The molecule has 0 spiro atoms. The first-order valence-corrected chi connectivity index (χ1v) is 9.33. The molecule has 2 heterocycles. The average Bonchev–Trinajstić information content (AvgIpc) is 3.37. The number of aryl methyl sites for hydroxylation is 1. The van der Waals surface area contributed by atoms with Gasteiger partial charge in [0.25, 0.3) is 5.69 Å². The molecule has 1 atom stereocenters. The Morgan fingerprint density at radius 3 is 2.79 bits per heavy atom. The van der Waals surface area contributed by atoms with Crippen LogP contribution in [0.5, 0.6) is 11.5 Å². The molecule has 3 aromatic rings. The highest BCUT2D eigenvalue weighted by Crippen LogP contribution is 2.35. The Morgan fingerprint density at radius 2 is 2.07 bits per heavy atom. The SMILES string of the molecule is COc1ccc(-c2cc(C)nn2-c2cccc([N+](=O)[O-])c2)cc1O[C@H]1CCCO1.